The first-order valence-corrected chi connectivity index (χ1v) is 10.2. The fourth-order valence-electron chi connectivity index (χ4n) is 2.92. The van der Waals surface area contributed by atoms with Crippen molar-refractivity contribution in [3.63, 3.8) is 0 Å². The van der Waals surface area contributed by atoms with Crippen LogP contribution in [0.15, 0.2) is 54.6 Å². The molecule has 150 valence electrons. The monoisotopic (exact) mass is 400 g/mol. The molecule has 0 saturated carbocycles. The van der Waals surface area contributed by atoms with Gasteiger partial charge < -0.3 is 10.2 Å². The minimum atomic E-state index is -0.559. The summed E-state index contributed by atoms with van der Waals surface area (Å²) in [4.78, 5) is 27.3. The quantitative estimate of drug-likeness (QED) is 0.668. The van der Waals surface area contributed by atoms with Gasteiger partial charge in [0, 0.05) is 24.0 Å². The Morgan fingerprint density at radius 3 is 2.36 bits per heavy atom. The average Bonchev–Trinajstić information content (AvgIpc) is 2.70. The lowest BCUT2D eigenvalue weighted by molar-refractivity contribution is -0.140. The van der Waals surface area contributed by atoms with Crippen LogP contribution < -0.4 is 5.32 Å². The van der Waals surface area contributed by atoms with Crippen molar-refractivity contribution in [2.24, 2.45) is 0 Å². The summed E-state index contributed by atoms with van der Waals surface area (Å²) in [5, 5.41) is 3.59. The van der Waals surface area contributed by atoms with Gasteiger partial charge in [0.2, 0.25) is 11.8 Å². The third kappa shape index (κ3) is 6.68. The third-order valence-corrected chi connectivity index (χ3v) is 5.12. The summed E-state index contributed by atoms with van der Waals surface area (Å²) in [6, 6.07) is 16.8. The molecule has 4 nitrogen and oxygen atoms in total. The van der Waals surface area contributed by atoms with Crippen LogP contribution in [-0.2, 0) is 22.6 Å². The van der Waals surface area contributed by atoms with E-state index in [1.807, 2.05) is 62.4 Å². The Bertz CT molecular complexity index is 779. The van der Waals surface area contributed by atoms with Gasteiger partial charge in [0.1, 0.15) is 6.04 Å². The molecule has 0 aliphatic rings. The summed E-state index contributed by atoms with van der Waals surface area (Å²) >= 11 is 6.10. The molecule has 5 heteroatoms. The van der Waals surface area contributed by atoms with Crippen LogP contribution in [0.3, 0.4) is 0 Å². The normalized spacial score (nSPS) is 12.9. The first-order chi connectivity index (χ1) is 13.4. The first-order valence-electron chi connectivity index (χ1n) is 9.79. The molecule has 1 N–H and O–H groups in total. The number of hydrogen-bond acceptors (Lipinski definition) is 2. The fourth-order valence-corrected chi connectivity index (χ4v) is 3.13. The van der Waals surface area contributed by atoms with Crippen molar-refractivity contribution in [1.82, 2.24) is 10.2 Å². The zero-order valence-electron chi connectivity index (χ0n) is 16.8. The highest BCUT2D eigenvalue weighted by Crippen LogP contribution is 2.16. The average molecular weight is 401 g/mol. The van der Waals surface area contributed by atoms with Crippen LogP contribution in [0.2, 0.25) is 5.02 Å². The van der Waals surface area contributed by atoms with Crippen molar-refractivity contribution in [1.29, 1.82) is 0 Å². The maximum atomic E-state index is 13.0. The first kappa shape index (κ1) is 22.0. The van der Waals surface area contributed by atoms with E-state index in [-0.39, 0.29) is 17.9 Å². The van der Waals surface area contributed by atoms with Crippen molar-refractivity contribution in [3.05, 3.63) is 70.7 Å². The van der Waals surface area contributed by atoms with Gasteiger partial charge in [-0.1, -0.05) is 61.0 Å². The lowest BCUT2D eigenvalue weighted by Gasteiger charge is -2.30. The molecule has 2 amide bonds. The molecule has 0 radical (unpaired) electrons. The Hall–Kier alpha value is -2.33. The molecule has 2 atom stereocenters. The van der Waals surface area contributed by atoms with Gasteiger partial charge >= 0.3 is 0 Å². The summed E-state index contributed by atoms with van der Waals surface area (Å²) in [5.74, 6) is -0.180. The zero-order valence-corrected chi connectivity index (χ0v) is 17.6. The maximum absolute atomic E-state index is 13.0. The van der Waals surface area contributed by atoms with Crippen molar-refractivity contribution >= 4 is 23.4 Å². The second kappa shape index (κ2) is 10.9. The van der Waals surface area contributed by atoms with Crippen LogP contribution in [0.25, 0.3) is 0 Å². The van der Waals surface area contributed by atoms with Crippen LogP contribution in [-0.4, -0.2) is 28.8 Å². The van der Waals surface area contributed by atoms with Crippen LogP contribution in [0.5, 0.6) is 0 Å². The number of benzene rings is 2. The van der Waals surface area contributed by atoms with Gasteiger partial charge in [-0.15, -0.1) is 0 Å². The molecule has 2 rings (SSSR count). The smallest absolute Gasteiger partial charge is 0.242 e. The number of aryl methyl sites for hydroxylation is 1. The minimum absolute atomic E-state index is 0.0457. The summed E-state index contributed by atoms with van der Waals surface area (Å²) < 4.78 is 0. The molecule has 0 bridgehead atoms. The maximum Gasteiger partial charge on any atom is 0.242 e. The number of hydrogen-bond donors (Lipinski definition) is 1. The lowest BCUT2D eigenvalue weighted by atomic mass is 10.1. The number of rotatable bonds is 9. The lowest BCUT2D eigenvalue weighted by Crippen LogP contribution is -2.49. The molecule has 0 aliphatic carbocycles. The number of carbonyl (C=O) groups is 2. The number of halogens is 1. The van der Waals surface area contributed by atoms with E-state index in [9.17, 15) is 9.59 Å². The molecule has 0 saturated heterocycles. The summed E-state index contributed by atoms with van der Waals surface area (Å²) in [5.41, 5.74) is 2.01. The molecule has 2 aromatic rings. The van der Waals surface area contributed by atoms with E-state index in [2.05, 4.69) is 5.32 Å². The molecular weight excluding hydrogens is 372 g/mol. The van der Waals surface area contributed by atoms with Gasteiger partial charge in [0.15, 0.2) is 0 Å². The van der Waals surface area contributed by atoms with Crippen LogP contribution in [0.1, 0.15) is 44.7 Å². The molecule has 0 aliphatic heterocycles. The highest BCUT2D eigenvalue weighted by molar-refractivity contribution is 6.30. The molecule has 28 heavy (non-hydrogen) atoms. The topological polar surface area (TPSA) is 49.4 Å². The second-order valence-electron chi connectivity index (χ2n) is 7.13. The van der Waals surface area contributed by atoms with Gasteiger partial charge in [-0.05, 0) is 49.9 Å². The predicted molar refractivity (Wildman–Crippen MR) is 114 cm³/mol. The van der Waals surface area contributed by atoms with E-state index in [4.69, 9.17) is 11.6 Å². The van der Waals surface area contributed by atoms with E-state index < -0.39 is 6.04 Å². The predicted octanol–water partition coefficient (Wildman–Crippen LogP) is 4.60. The Kier molecular flexibility index (Phi) is 8.52. The highest BCUT2D eigenvalue weighted by Gasteiger charge is 2.26. The molecular formula is C23H29ClN2O2. The molecule has 0 heterocycles. The number of nitrogens with one attached hydrogen (secondary N) is 1. The number of carbonyl (C=O) groups excluding carboxylic acids is 2. The largest absolute Gasteiger partial charge is 0.352 e. The van der Waals surface area contributed by atoms with Gasteiger partial charge in [-0.3, -0.25) is 9.59 Å². The van der Waals surface area contributed by atoms with Crippen molar-refractivity contribution in [2.75, 3.05) is 0 Å². The van der Waals surface area contributed by atoms with E-state index >= 15 is 0 Å². The van der Waals surface area contributed by atoms with Crippen molar-refractivity contribution < 1.29 is 9.59 Å². The molecule has 0 spiro atoms. The molecule has 2 unspecified atom stereocenters. The van der Waals surface area contributed by atoms with Gasteiger partial charge in [0.05, 0.1) is 0 Å². The number of nitrogens with zero attached hydrogens (tertiary/aromatic N) is 1. The van der Waals surface area contributed by atoms with Gasteiger partial charge in [0.25, 0.3) is 0 Å². The standard InChI is InChI=1S/C23H29ClN2O2/c1-4-17(2)25-23(28)18(3)26(16-20-11-8-12-21(24)15-20)22(27)14-13-19-9-6-5-7-10-19/h5-12,15,17-18H,4,13-14,16H2,1-3H3,(H,25,28). The minimum Gasteiger partial charge on any atom is -0.352 e. The van der Waals surface area contributed by atoms with Crippen LogP contribution in [0.4, 0.5) is 0 Å². The second-order valence-corrected chi connectivity index (χ2v) is 7.57. The number of amides is 2. The SMILES string of the molecule is CCC(C)NC(=O)C(C)N(Cc1cccc(Cl)c1)C(=O)CCc1ccccc1. The molecule has 0 aromatic heterocycles. The third-order valence-electron chi connectivity index (χ3n) is 4.88. The summed E-state index contributed by atoms with van der Waals surface area (Å²) in [6.45, 7) is 6.11. The molecule has 2 aromatic carbocycles. The Balaban J connectivity index is 2.14. The van der Waals surface area contributed by atoms with Crippen LogP contribution in [0, 0.1) is 0 Å². The van der Waals surface area contributed by atoms with Crippen molar-refractivity contribution in [2.45, 2.75) is 58.7 Å². The van der Waals surface area contributed by atoms with Gasteiger partial charge in [-0.2, -0.15) is 0 Å². The Morgan fingerprint density at radius 2 is 1.71 bits per heavy atom. The zero-order chi connectivity index (χ0) is 20.5. The van der Waals surface area contributed by atoms with Crippen LogP contribution >= 0.6 is 11.6 Å². The van der Waals surface area contributed by atoms with E-state index in [0.717, 1.165) is 17.5 Å². The summed E-state index contributed by atoms with van der Waals surface area (Å²) in [7, 11) is 0. The Labute approximate surface area is 172 Å². The van der Waals surface area contributed by atoms with E-state index in [1.165, 1.54) is 0 Å². The Morgan fingerprint density at radius 1 is 1.04 bits per heavy atom. The van der Waals surface area contributed by atoms with E-state index in [1.54, 1.807) is 17.9 Å². The van der Waals surface area contributed by atoms with Gasteiger partial charge in [-0.25, -0.2) is 0 Å². The fraction of sp³-hybridized carbons (Fsp3) is 0.391. The van der Waals surface area contributed by atoms with E-state index in [0.29, 0.717) is 24.4 Å². The van der Waals surface area contributed by atoms with Crippen molar-refractivity contribution in [3.8, 4) is 0 Å². The summed E-state index contributed by atoms with van der Waals surface area (Å²) in [6.07, 6.45) is 1.84. The highest BCUT2D eigenvalue weighted by atomic mass is 35.5. The molecule has 0 fully saturated rings.